The third kappa shape index (κ3) is 3.77. The number of nitrogens with zero attached hydrogens (tertiary/aromatic N) is 4. The first-order valence-electron chi connectivity index (χ1n) is 6.01. The van der Waals surface area contributed by atoms with E-state index in [1.807, 2.05) is 0 Å². The number of esters is 1. The molecule has 6 nitrogen and oxygen atoms in total. The van der Waals surface area contributed by atoms with E-state index in [0.717, 1.165) is 16.9 Å². The number of benzene rings is 1. The summed E-state index contributed by atoms with van der Waals surface area (Å²) in [5.74, 6) is -0.545. The minimum atomic E-state index is -4.45. The number of hydrogen-bond donors (Lipinski definition) is 0. The van der Waals surface area contributed by atoms with Crippen LogP contribution in [0.15, 0.2) is 24.3 Å². The Morgan fingerprint density at radius 3 is 2.81 bits per heavy atom. The molecule has 21 heavy (non-hydrogen) atoms. The van der Waals surface area contributed by atoms with Gasteiger partial charge >= 0.3 is 12.1 Å². The van der Waals surface area contributed by atoms with Crippen LogP contribution in [0.25, 0.3) is 11.4 Å². The number of carbonyl (C=O) groups excluding carboxylic acids is 1. The molecule has 2 aromatic rings. The van der Waals surface area contributed by atoms with Gasteiger partial charge in [0.1, 0.15) is 0 Å². The Balaban J connectivity index is 2.20. The molecule has 0 spiro atoms. The molecular weight excluding hydrogens is 289 g/mol. The van der Waals surface area contributed by atoms with Crippen LogP contribution in [0, 0.1) is 0 Å². The highest BCUT2D eigenvalue weighted by Crippen LogP contribution is 2.31. The quantitative estimate of drug-likeness (QED) is 0.807. The van der Waals surface area contributed by atoms with E-state index in [4.69, 9.17) is 4.74 Å². The number of aromatic nitrogens is 4. The van der Waals surface area contributed by atoms with Gasteiger partial charge in [0.25, 0.3) is 0 Å². The first-order valence-corrected chi connectivity index (χ1v) is 6.01. The summed E-state index contributed by atoms with van der Waals surface area (Å²) in [6.45, 7) is 1.62. The Morgan fingerprint density at radius 1 is 1.38 bits per heavy atom. The highest BCUT2D eigenvalue weighted by molar-refractivity contribution is 5.68. The van der Waals surface area contributed by atoms with Crippen molar-refractivity contribution in [2.75, 3.05) is 6.61 Å². The normalized spacial score (nSPS) is 11.4. The summed E-state index contributed by atoms with van der Waals surface area (Å²) in [6, 6.07) is 4.56. The minimum Gasteiger partial charge on any atom is -0.465 e. The summed E-state index contributed by atoms with van der Waals surface area (Å²) in [6.07, 6.45) is -4.45. The first kappa shape index (κ1) is 14.9. The molecule has 0 atom stereocenters. The Morgan fingerprint density at radius 2 is 2.14 bits per heavy atom. The predicted molar refractivity (Wildman–Crippen MR) is 64.9 cm³/mol. The molecule has 0 fully saturated rings. The maximum absolute atomic E-state index is 12.6. The van der Waals surface area contributed by atoms with E-state index in [9.17, 15) is 18.0 Å². The lowest BCUT2D eigenvalue weighted by molar-refractivity contribution is -0.144. The van der Waals surface area contributed by atoms with Crippen molar-refractivity contribution < 1.29 is 22.7 Å². The summed E-state index contributed by atoms with van der Waals surface area (Å²) in [5.41, 5.74) is -0.637. The fourth-order valence-electron chi connectivity index (χ4n) is 1.58. The molecule has 0 radical (unpaired) electrons. The number of carbonyl (C=O) groups is 1. The molecule has 0 saturated carbocycles. The van der Waals surface area contributed by atoms with E-state index in [0.29, 0.717) is 0 Å². The molecule has 9 heteroatoms. The highest BCUT2D eigenvalue weighted by atomic mass is 19.4. The predicted octanol–water partition coefficient (Wildman–Crippen LogP) is 1.92. The van der Waals surface area contributed by atoms with Gasteiger partial charge in [-0.1, -0.05) is 12.1 Å². The van der Waals surface area contributed by atoms with Gasteiger partial charge in [-0.3, -0.25) is 0 Å². The van der Waals surface area contributed by atoms with Crippen molar-refractivity contribution in [2.45, 2.75) is 19.6 Å². The van der Waals surface area contributed by atoms with Crippen molar-refractivity contribution in [1.82, 2.24) is 20.2 Å². The molecule has 1 aromatic carbocycles. The van der Waals surface area contributed by atoms with Gasteiger partial charge in [0, 0.05) is 5.56 Å². The van der Waals surface area contributed by atoms with Crippen LogP contribution in [0.3, 0.4) is 0 Å². The number of hydrogen-bond acceptors (Lipinski definition) is 5. The lowest BCUT2D eigenvalue weighted by atomic mass is 10.1. The molecule has 112 valence electrons. The van der Waals surface area contributed by atoms with Crippen molar-refractivity contribution in [2.24, 2.45) is 0 Å². The Hall–Kier alpha value is -2.45. The van der Waals surface area contributed by atoms with Crippen LogP contribution in [0.4, 0.5) is 13.2 Å². The average molecular weight is 300 g/mol. The van der Waals surface area contributed by atoms with Gasteiger partial charge in [0.05, 0.1) is 12.2 Å². The van der Waals surface area contributed by atoms with Crippen molar-refractivity contribution in [3.05, 3.63) is 29.8 Å². The van der Waals surface area contributed by atoms with Gasteiger partial charge < -0.3 is 4.74 Å². The van der Waals surface area contributed by atoms with Gasteiger partial charge in [-0.25, -0.2) is 4.79 Å². The Labute approximate surface area is 117 Å². The van der Waals surface area contributed by atoms with Gasteiger partial charge in [-0.15, -0.1) is 10.2 Å². The van der Waals surface area contributed by atoms with E-state index in [1.54, 1.807) is 6.92 Å². The summed E-state index contributed by atoms with van der Waals surface area (Å²) in [4.78, 5) is 12.2. The average Bonchev–Trinajstić information content (AvgIpc) is 2.86. The largest absolute Gasteiger partial charge is 0.465 e. The van der Waals surface area contributed by atoms with Crippen LogP contribution < -0.4 is 0 Å². The van der Waals surface area contributed by atoms with Gasteiger partial charge in [-0.05, 0) is 24.3 Å². The molecule has 0 amide bonds. The van der Waals surface area contributed by atoms with Crippen molar-refractivity contribution in [3.63, 3.8) is 0 Å². The maximum Gasteiger partial charge on any atom is 0.416 e. The molecule has 0 aliphatic rings. The number of rotatable bonds is 4. The van der Waals surface area contributed by atoms with Crippen molar-refractivity contribution in [3.8, 4) is 11.4 Å². The third-order valence-corrected chi connectivity index (χ3v) is 2.48. The number of ether oxygens (including phenoxy) is 1. The van der Waals surface area contributed by atoms with Crippen LogP contribution in [0.1, 0.15) is 12.5 Å². The van der Waals surface area contributed by atoms with Crippen LogP contribution in [0.2, 0.25) is 0 Å². The van der Waals surface area contributed by atoms with E-state index in [2.05, 4.69) is 15.4 Å². The second kappa shape index (κ2) is 5.90. The number of halogens is 3. The number of alkyl halides is 3. The maximum atomic E-state index is 12.6. The second-order valence-electron chi connectivity index (χ2n) is 4.03. The van der Waals surface area contributed by atoms with Gasteiger partial charge in [-0.2, -0.15) is 18.0 Å². The fraction of sp³-hybridized carbons (Fsp3) is 0.333. The summed E-state index contributed by atoms with van der Waals surface area (Å²) in [7, 11) is 0. The number of tetrazole rings is 1. The zero-order chi connectivity index (χ0) is 15.5. The standard InChI is InChI=1S/C12H11F3N4O2/c1-2-21-10(20)7-19-17-11(16-18-19)8-4-3-5-9(6-8)12(13,14)15/h3-6H,2,7H2,1H3. The SMILES string of the molecule is CCOC(=O)Cn1nnc(-c2cccc(C(F)(F)F)c2)n1. The van der Waals surface area contributed by atoms with E-state index in [1.165, 1.54) is 12.1 Å². The van der Waals surface area contributed by atoms with E-state index in [-0.39, 0.29) is 24.5 Å². The summed E-state index contributed by atoms with van der Waals surface area (Å²) < 4.78 is 42.6. The molecule has 2 rings (SSSR count). The molecule has 1 aromatic heterocycles. The fourth-order valence-corrected chi connectivity index (χ4v) is 1.58. The summed E-state index contributed by atoms with van der Waals surface area (Å²) in [5, 5.41) is 11.1. The molecule has 0 saturated heterocycles. The highest BCUT2D eigenvalue weighted by Gasteiger charge is 2.30. The monoisotopic (exact) mass is 300 g/mol. The Kier molecular flexibility index (Phi) is 4.20. The van der Waals surface area contributed by atoms with Crippen molar-refractivity contribution >= 4 is 5.97 Å². The van der Waals surface area contributed by atoms with Crippen LogP contribution in [-0.4, -0.2) is 32.8 Å². The summed E-state index contributed by atoms with van der Waals surface area (Å²) >= 11 is 0. The lowest BCUT2D eigenvalue weighted by Gasteiger charge is -2.06. The van der Waals surface area contributed by atoms with Crippen molar-refractivity contribution in [1.29, 1.82) is 0 Å². The molecule has 0 bridgehead atoms. The molecule has 1 heterocycles. The van der Waals surface area contributed by atoms with Crippen LogP contribution in [-0.2, 0) is 22.3 Å². The zero-order valence-electron chi connectivity index (χ0n) is 11.0. The molecule has 0 aliphatic heterocycles. The third-order valence-electron chi connectivity index (χ3n) is 2.48. The molecule has 0 N–H and O–H groups in total. The van der Waals surface area contributed by atoms with Gasteiger partial charge in [0.2, 0.25) is 5.82 Å². The first-order chi connectivity index (χ1) is 9.90. The Bertz CT molecular complexity index is 639. The molecule has 0 aliphatic carbocycles. The van der Waals surface area contributed by atoms with E-state index >= 15 is 0 Å². The smallest absolute Gasteiger partial charge is 0.416 e. The molecule has 0 unspecified atom stereocenters. The molecular formula is C12H11F3N4O2. The van der Waals surface area contributed by atoms with Crippen LogP contribution >= 0.6 is 0 Å². The second-order valence-corrected chi connectivity index (χ2v) is 4.03. The van der Waals surface area contributed by atoms with Gasteiger partial charge in [0.15, 0.2) is 6.54 Å². The van der Waals surface area contributed by atoms with E-state index < -0.39 is 17.7 Å². The topological polar surface area (TPSA) is 69.9 Å². The van der Waals surface area contributed by atoms with Crippen LogP contribution in [0.5, 0.6) is 0 Å². The zero-order valence-corrected chi connectivity index (χ0v) is 11.0. The minimum absolute atomic E-state index is 0.00500. The lowest BCUT2D eigenvalue weighted by Crippen LogP contribution is -2.15.